The fourth-order valence-electron chi connectivity index (χ4n) is 2.12. The van der Waals surface area contributed by atoms with Gasteiger partial charge in [0, 0.05) is 18.3 Å². The molecule has 0 heterocycles. The Hall–Kier alpha value is -1.01. The van der Waals surface area contributed by atoms with Crippen LogP contribution in [0.5, 0.6) is 0 Å². The van der Waals surface area contributed by atoms with Crippen molar-refractivity contribution >= 4 is 34.9 Å². The third-order valence-corrected chi connectivity index (χ3v) is 3.96. The van der Waals surface area contributed by atoms with Crippen molar-refractivity contribution in [2.24, 2.45) is 5.73 Å². The topological polar surface area (TPSA) is 76.4 Å². The molecule has 0 bridgehead atoms. The molecule has 7 heteroatoms. The number of hydrogen-bond acceptors (Lipinski definition) is 3. The second kappa shape index (κ2) is 6.63. The smallest absolute Gasteiger partial charge is 0.319 e. The number of carbonyl (C=O) groups is 1. The summed E-state index contributed by atoms with van der Waals surface area (Å²) >= 11 is 11.7. The van der Waals surface area contributed by atoms with Gasteiger partial charge in [-0.1, -0.05) is 23.2 Å². The van der Waals surface area contributed by atoms with Gasteiger partial charge in [-0.05, 0) is 31.5 Å². The van der Waals surface area contributed by atoms with E-state index in [-0.39, 0.29) is 24.2 Å². The Bertz CT molecular complexity index is 497. The number of carbonyl (C=O) groups excluding carboxylic acids is 1. The third-order valence-electron chi connectivity index (χ3n) is 3.22. The number of nitrogens with two attached hydrogens (primary N) is 1. The molecule has 1 fully saturated rings. The van der Waals surface area contributed by atoms with Crippen molar-refractivity contribution in [2.45, 2.75) is 31.5 Å². The van der Waals surface area contributed by atoms with Crippen LogP contribution in [-0.2, 0) is 4.74 Å². The number of amides is 2. The van der Waals surface area contributed by atoms with Crippen LogP contribution in [-0.4, -0.2) is 30.8 Å². The first-order valence-corrected chi connectivity index (χ1v) is 7.16. The summed E-state index contributed by atoms with van der Waals surface area (Å²) in [6, 6.07) is 4.30. The van der Waals surface area contributed by atoms with Crippen molar-refractivity contribution in [3.05, 3.63) is 28.2 Å². The molecule has 110 valence electrons. The maximum Gasteiger partial charge on any atom is 0.319 e. The summed E-state index contributed by atoms with van der Waals surface area (Å²) in [5, 5.41) is 6.32. The standard InChI is InChI=1S/C13H17Cl2N3O2/c1-2-20-11-6-10(16)12(11)18-13(19)17-7-3-4-8(14)9(15)5-7/h3-5,10-12H,2,6,16H2,1H3,(H2,17,18,19). The highest BCUT2D eigenvalue weighted by molar-refractivity contribution is 6.42. The Morgan fingerprint density at radius 3 is 2.80 bits per heavy atom. The maximum atomic E-state index is 11.9. The number of urea groups is 1. The van der Waals surface area contributed by atoms with Crippen molar-refractivity contribution in [2.75, 3.05) is 11.9 Å². The molecule has 1 aromatic carbocycles. The Kier molecular flexibility index (Phi) is 5.10. The van der Waals surface area contributed by atoms with E-state index in [1.54, 1.807) is 18.2 Å². The highest BCUT2D eigenvalue weighted by Crippen LogP contribution is 2.25. The number of rotatable bonds is 4. The van der Waals surface area contributed by atoms with Crippen molar-refractivity contribution < 1.29 is 9.53 Å². The van der Waals surface area contributed by atoms with Crippen LogP contribution >= 0.6 is 23.2 Å². The predicted octanol–water partition coefficient (Wildman–Crippen LogP) is 2.62. The van der Waals surface area contributed by atoms with Gasteiger partial charge in [-0.15, -0.1) is 0 Å². The lowest BCUT2D eigenvalue weighted by Crippen LogP contribution is -2.65. The van der Waals surface area contributed by atoms with E-state index in [9.17, 15) is 4.79 Å². The average Bonchev–Trinajstić information content (AvgIpc) is 2.40. The maximum absolute atomic E-state index is 11.9. The van der Waals surface area contributed by atoms with Crippen LogP contribution in [0.15, 0.2) is 18.2 Å². The number of anilines is 1. The fraction of sp³-hybridized carbons (Fsp3) is 0.462. The van der Waals surface area contributed by atoms with Gasteiger partial charge in [0.1, 0.15) is 0 Å². The largest absolute Gasteiger partial charge is 0.376 e. The van der Waals surface area contributed by atoms with Gasteiger partial charge in [0.05, 0.1) is 22.2 Å². The molecule has 0 aliphatic heterocycles. The summed E-state index contributed by atoms with van der Waals surface area (Å²) in [5.41, 5.74) is 6.44. The van der Waals surface area contributed by atoms with Gasteiger partial charge in [0.15, 0.2) is 0 Å². The number of hydrogen-bond donors (Lipinski definition) is 3. The zero-order valence-corrected chi connectivity index (χ0v) is 12.5. The van der Waals surface area contributed by atoms with E-state index in [1.807, 2.05) is 6.92 Å². The summed E-state index contributed by atoms with van der Waals surface area (Å²) < 4.78 is 5.49. The minimum atomic E-state index is -0.340. The first-order valence-electron chi connectivity index (χ1n) is 6.41. The zero-order chi connectivity index (χ0) is 14.7. The Balaban J connectivity index is 1.90. The molecule has 1 aliphatic carbocycles. The number of ether oxygens (including phenoxy) is 1. The summed E-state index contributed by atoms with van der Waals surface area (Å²) in [6.45, 7) is 2.51. The van der Waals surface area contributed by atoms with Gasteiger partial charge in [0.2, 0.25) is 0 Å². The zero-order valence-electron chi connectivity index (χ0n) is 11.0. The number of nitrogens with one attached hydrogen (secondary N) is 2. The quantitative estimate of drug-likeness (QED) is 0.799. The molecule has 0 aromatic heterocycles. The molecular formula is C13H17Cl2N3O2. The number of benzene rings is 1. The van der Waals surface area contributed by atoms with Crippen LogP contribution in [0.3, 0.4) is 0 Å². The monoisotopic (exact) mass is 317 g/mol. The van der Waals surface area contributed by atoms with Crippen molar-refractivity contribution in [1.29, 1.82) is 0 Å². The lowest BCUT2D eigenvalue weighted by Gasteiger charge is -2.42. The molecule has 4 N–H and O–H groups in total. The van der Waals surface area contributed by atoms with Gasteiger partial charge in [-0.2, -0.15) is 0 Å². The molecule has 1 saturated carbocycles. The van der Waals surface area contributed by atoms with Gasteiger partial charge >= 0.3 is 6.03 Å². The van der Waals surface area contributed by atoms with Crippen molar-refractivity contribution in [1.82, 2.24) is 5.32 Å². The highest BCUT2D eigenvalue weighted by Gasteiger charge is 2.40. The third kappa shape index (κ3) is 3.55. The second-order valence-corrected chi connectivity index (χ2v) is 5.46. The first kappa shape index (κ1) is 15.4. The van der Waals surface area contributed by atoms with E-state index < -0.39 is 0 Å². The molecule has 3 unspecified atom stereocenters. The van der Waals surface area contributed by atoms with Crippen LogP contribution in [0.25, 0.3) is 0 Å². The van der Waals surface area contributed by atoms with Gasteiger partial charge in [-0.25, -0.2) is 4.79 Å². The highest BCUT2D eigenvalue weighted by atomic mass is 35.5. The van der Waals surface area contributed by atoms with E-state index in [0.717, 1.165) is 6.42 Å². The summed E-state index contributed by atoms with van der Waals surface area (Å²) in [5.74, 6) is 0. The van der Waals surface area contributed by atoms with Gasteiger partial charge < -0.3 is 21.1 Å². The van der Waals surface area contributed by atoms with E-state index in [4.69, 9.17) is 33.7 Å². The van der Waals surface area contributed by atoms with E-state index in [2.05, 4.69) is 10.6 Å². The minimum absolute atomic E-state index is 0.0189. The van der Waals surface area contributed by atoms with Crippen LogP contribution in [0, 0.1) is 0 Å². The molecule has 0 spiro atoms. The lowest BCUT2D eigenvalue weighted by atomic mass is 9.83. The molecule has 5 nitrogen and oxygen atoms in total. The summed E-state index contributed by atoms with van der Waals surface area (Å²) in [7, 11) is 0. The fourth-order valence-corrected chi connectivity index (χ4v) is 2.42. The van der Waals surface area contributed by atoms with E-state index in [1.165, 1.54) is 0 Å². The molecular weight excluding hydrogens is 301 g/mol. The SMILES string of the molecule is CCOC1CC(N)C1NC(=O)Nc1ccc(Cl)c(Cl)c1. The minimum Gasteiger partial charge on any atom is -0.376 e. The Labute approximate surface area is 127 Å². The van der Waals surface area contributed by atoms with Crippen LogP contribution in [0.1, 0.15) is 13.3 Å². The van der Waals surface area contributed by atoms with Crippen molar-refractivity contribution in [3.8, 4) is 0 Å². The molecule has 2 rings (SSSR count). The molecule has 1 aliphatic rings. The van der Waals surface area contributed by atoms with Crippen LogP contribution < -0.4 is 16.4 Å². The molecule has 2 amide bonds. The van der Waals surface area contributed by atoms with Gasteiger partial charge in [0.25, 0.3) is 0 Å². The number of halogens is 2. The van der Waals surface area contributed by atoms with Crippen LogP contribution in [0.2, 0.25) is 10.0 Å². The summed E-state index contributed by atoms with van der Waals surface area (Å²) in [4.78, 5) is 11.9. The normalized spacial score (nSPS) is 24.9. The lowest BCUT2D eigenvalue weighted by molar-refractivity contribution is -0.0277. The Morgan fingerprint density at radius 2 is 2.20 bits per heavy atom. The molecule has 1 aromatic rings. The first-order chi connectivity index (χ1) is 9.51. The predicted molar refractivity (Wildman–Crippen MR) is 80.4 cm³/mol. The van der Waals surface area contributed by atoms with Gasteiger partial charge in [-0.3, -0.25) is 0 Å². The molecule has 20 heavy (non-hydrogen) atoms. The summed E-state index contributed by atoms with van der Waals surface area (Å²) in [6.07, 6.45) is 0.737. The second-order valence-electron chi connectivity index (χ2n) is 4.65. The van der Waals surface area contributed by atoms with E-state index >= 15 is 0 Å². The molecule has 0 saturated heterocycles. The molecule has 0 radical (unpaired) electrons. The van der Waals surface area contributed by atoms with Crippen LogP contribution in [0.4, 0.5) is 10.5 Å². The average molecular weight is 318 g/mol. The van der Waals surface area contributed by atoms with E-state index in [0.29, 0.717) is 22.3 Å². The molecule has 3 atom stereocenters. The van der Waals surface area contributed by atoms with Crippen molar-refractivity contribution in [3.63, 3.8) is 0 Å². The Morgan fingerprint density at radius 1 is 1.45 bits per heavy atom.